The Morgan fingerprint density at radius 2 is 1.25 bits per heavy atom. The van der Waals surface area contributed by atoms with Crippen LogP contribution >= 0.6 is 0 Å². The van der Waals surface area contributed by atoms with Crippen LogP contribution in [-0.2, 0) is 8.85 Å². The summed E-state index contributed by atoms with van der Waals surface area (Å²) in [6.45, 7) is 8.59. The third-order valence-corrected chi connectivity index (χ3v) is 7.93. The van der Waals surface area contributed by atoms with E-state index in [4.69, 9.17) is 8.85 Å². The molecule has 0 N–H and O–H groups in total. The molecule has 4 fully saturated rings. The van der Waals surface area contributed by atoms with Crippen molar-refractivity contribution in [1.82, 2.24) is 0 Å². The van der Waals surface area contributed by atoms with E-state index >= 15 is 0 Å². The van der Waals surface area contributed by atoms with E-state index in [0.717, 1.165) is 17.8 Å². The minimum atomic E-state index is -1.10. The lowest BCUT2D eigenvalue weighted by Gasteiger charge is -2.57. The van der Waals surface area contributed by atoms with Crippen LogP contribution in [0.5, 0.6) is 0 Å². The van der Waals surface area contributed by atoms with Crippen molar-refractivity contribution in [2.24, 2.45) is 23.2 Å². The van der Waals surface area contributed by atoms with Crippen LogP contribution in [0.2, 0.25) is 6.04 Å². The highest BCUT2D eigenvalue weighted by atomic mass is 28.3. The van der Waals surface area contributed by atoms with Crippen molar-refractivity contribution < 1.29 is 8.85 Å². The van der Waals surface area contributed by atoms with Crippen LogP contribution in [-0.4, -0.2) is 21.5 Å². The van der Waals surface area contributed by atoms with Gasteiger partial charge in [-0.15, -0.1) is 0 Å². The topological polar surface area (TPSA) is 18.5 Å². The number of hydrogen-bond acceptors (Lipinski definition) is 2. The Labute approximate surface area is 126 Å². The predicted octanol–water partition coefficient (Wildman–Crippen LogP) is 4.54. The van der Waals surface area contributed by atoms with E-state index in [9.17, 15) is 0 Å². The highest BCUT2D eigenvalue weighted by Gasteiger charge is 2.52. The van der Waals surface area contributed by atoms with Gasteiger partial charge >= 0.3 is 9.28 Å². The molecule has 4 aliphatic carbocycles. The molecule has 20 heavy (non-hydrogen) atoms. The Bertz CT molecular complexity index is 295. The van der Waals surface area contributed by atoms with Crippen LogP contribution in [0.25, 0.3) is 0 Å². The maximum Gasteiger partial charge on any atom is 0.385 e. The van der Waals surface area contributed by atoms with E-state index in [1.165, 1.54) is 44.6 Å². The van der Waals surface area contributed by atoms with E-state index in [-0.39, 0.29) is 0 Å². The average Bonchev–Trinajstić information content (AvgIpc) is 2.23. The van der Waals surface area contributed by atoms with Gasteiger partial charge in [-0.2, -0.15) is 0 Å². The maximum atomic E-state index is 6.18. The van der Waals surface area contributed by atoms with Crippen LogP contribution in [0.3, 0.4) is 0 Å². The zero-order chi connectivity index (χ0) is 14.3. The van der Waals surface area contributed by atoms with Crippen molar-refractivity contribution in [2.75, 3.05) is 0 Å². The average molecular weight is 296 g/mol. The summed E-state index contributed by atoms with van der Waals surface area (Å²) in [6, 6.07) is 1.23. The van der Waals surface area contributed by atoms with Gasteiger partial charge in [-0.3, -0.25) is 0 Å². The second kappa shape index (κ2) is 5.73. The molecule has 2 nitrogen and oxygen atoms in total. The second-order valence-electron chi connectivity index (χ2n) is 8.30. The summed E-state index contributed by atoms with van der Waals surface area (Å²) in [5.74, 6) is 3.09. The molecule has 115 valence electrons. The van der Waals surface area contributed by atoms with Crippen LogP contribution in [0.15, 0.2) is 0 Å². The summed E-state index contributed by atoms with van der Waals surface area (Å²) in [4.78, 5) is 0. The largest absolute Gasteiger partial charge is 0.391 e. The fraction of sp³-hybridized carbons (Fsp3) is 1.00. The monoisotopic (exact) mass is 295 g/mol. The van der Waals surface area contributed by atoms with E-state index in [2.05, 4.69) is 27.7 Å². The van der Waals surface area contributed by atoms with Crippen molar-refractivity contribution in [2.45, 2.75) is 84.5 Å². The van der Waals surface area contributed by atoms with Crippen molar-refractivity contribution in [3.05, 3.63) is 0 Å². The molecule has 0 aliphatic heterocycles. The van der Waals surface area contributed by atoms with Gasteiger partial charge in [0.05, 0.1) is 0 Å². The minimum Gasteiger partial charge on any atom is -0.391 e. The molecule has 0 aromatic rings. The molecule has 0 aromatic carbocycles. The van der Waals surface area contributed by atoms with Gasteiger partial charge in [-0.25, -0.2) is 0 Å². The summed E-state index contributed by atoms with van der Waals surface area (Å²) in [7, 11) is -1.10. The van der Waals surface area contributed by atoms with Gasteiger partial charge in [0.1, 0.15) is 0 Å². The van der Waals surface area contributed by atoms with Crippen LogP contribution < -0.4 is 0 Å². The minimum absolute atomic E-state index is 0.302. The number of rotatable bonds is 6. The fourth-order valence-corrected chi connectivity index (χ4v) is 7.77. The fourth-order valence-electron chi connectivity index (χ4n) is 5.45. The van der Waals surface area contributed by atoms with Crippen molar-refractivity contribution in [3.8, 4) is 0 Å². The second-order valence-corrected chi connectivity index (χ2v) is 9.87. The molecule has 1 radical (unpaired) electrons. The van der Waals surface area contributed by atoms with E-state index in [0.29, 0.717) is 17.6 Å². The smallest absolute Gasteiger partial charge is 0.385 e. The van der Waals surface area contributed by atoms with Crippen molar-refractivity contribution >= 4 is 9.28 Å². The molecule has 4 aliphatic rings. The van der Waals surface area contributed by atoms with Gasteiger partial charge < -0.3 is 8.85 Å². The lowest BCUT2D eigenvalue weighted by atomic mass is 9.50. The molecule has 0 atom stereocenters. The summed E-state index contributed by atoms with van der Waals surface area (Å²) in [5, 5.41) is 0. The summed E-state index contributed by atoms with van der Waals surface area (Å²) in [6.07, 6.45) is 9.59. The van der Waals surface area contributed by atoms with Gasteiger partial charge in [0.2, 0.25) is 0 Å². The molecule has 4 saturated carbocycles. The van der Waals surface area contributed by atoms with Crippen molar-refractivity contribution in [1.29, 1.82) is 0 Å². The molecule has 0 unspecified atom stereocenters. The Kier molecular flexibility index (Phi) is 4.31. The van der Waals surface area contributed by atoms with Crippen LogP contribution in [0.4, 0.5) is 0 Å². The van der Waals surface area contributed by atoms with Gasteiger partial charge in [-0.1, -0.05) is 0 Å². The molecule has 0 amide bonds. The Hall–Kier alpha value is 0.137. The van der Waals surface area contributed by atoms with Gasteiger partial charge in [0, 0.05) is 12.2 Å². The third kappa shape index (κ3) is 3.31. The zero-order valence-electron chi connectivity index (χ0n) is 13.7. The highest BCUT2D eigenvalue weighted by Crippen LogP contribution is 2.61. The predicted molar refractivity (Wildman–Crippen MR) is 83.6 cm³/mol. The first-order valence-corrected chi connectivity index (χ1v) is 10.2. The Morgan fingerprint density at radius 3 is 1.60 bits per heavy atom. The molecular formula is C17H31O2Si. The first-order valence-electron chi connectivity index (χ1n) is 8.63. The third-order valence-electron chi connectivity index (χ3n) is 5.42. The molecule has 0 heterocycles. The van der Waals surface area contributed by atoms with E-state index < -0.39 is 9.28 Å². The van der Waals surface area contributed by atoms with E-state index in [1.54, 1.807) is 0 Å². The lowest BCUT2D eigenvalue weighted by molar-refractivity contribution is -0.0468. The standard InChI is InChI=1S/C17H31O2Si/c1-12(2)18-20(19-13(3)4)11-17-8-14-5-15(9-17)7-16(6-14)10-17/h12-16H,5-11H2,1-4H3. The molecule has 4 bridgehead atoms. The first-order chi connectivity index (χ1) is 9.44. The normalized spacial score (nSPS) is 39.5. The molecule has 0 spiro atoms. The zero-order valence-corrected chi connectivity index (χ0v) is 14.7. The first kappa shape index (κ1) is 15.0. The Morgan fingerprint density at radius 1 is 0.850 bits per heavy atom. The summed E-state index contributed by atoms with van der Waals surface area (Å²) < 4.78 is 12.4. The van der Waals surface area contributed by atoms with Gasteiger partial charge in [0.15, 0.2) is 0 Å². The van der Waals surface area contributed by atoms with Crippen LogP contribution in [0, 0.1) is 23.2 Å². The lowest BCUT2D eigenvalue weighted by Crippen LogP contribution is -2.48. The molecular weight excluding hydrogens is 264 g/mol. The number of hydrogen-bond donors (Lipinski definition) is 0. The molecule has 0 saturated heterocycles. The van der Waals surface area contributed by atoms with Crippen LogP contribution in [0.1, 0.15) is 66.2 Å². The maximum absolute atomic E-state index is 6.18. The molecule has 3 heteroatoms. The van der Waals surface area contributed by atoms with Gasteiger partial charge in [-0.05, 0) is 95.4 Å². The van der Waals surface area contributed by atoms with E-state index in [1.807, 2.05) is 0 Å². The highest BCUT2D eigenvalue weighted by molar-refractivity contribution is 6.44. The molecule has 0 aromatic heterocycles. The summed E-state index contributed by atoms with van der Waals surface area (Å²) in [5.41, 5.74) is 0.590. The quantitative estimate of drug-likeness (QED) is 0.670. The van der Waals surface area contributed by atoms with Crippen molar-refractivity contribution in [3.63, 3.8) is 0 Å². The Balaban J connectivity index is 1.67. The summed E-state index contributed by atoms with van der Waals surface area (Å²) >= 11 is 0. The molecule has 4 rings (SSSR count). The van der Waals surface area contributed by atoms with Gasteiger partial charge in [0.25, 0.3) is 0 Å². The SMILES string of the molecule is CC(C)O[Si](CC12CC3CC(CC(C3)C1)C2)OC(C)C.